The van der Waals surface area contributed by atoms with Gasteiger partial charge in [0.15, 0.2) is 0 Å². The summed E-state index contributed by atoms with van der Waals surface area (Å²) in [6.07, 6.45) is 1.30. The first-order valence-electron chi connectivity index (χ1n) is 7.47. The Morgan fingerprint density at radius 2 is 2.04 bits per heavy atom. The van der Waals surface area contributed by atoms with Crippen molar-refractivity contribution in [1.82, 2.24) is 14.6 Å². The molecular weight excluding hydrogens is 320 g/mol. The third kappa shape index (κ3) is 4.88. The van der Waals surface area contributed by atoms with Crippen LogP contribution in [0.4, 0.5) is 5.82 Å². The molecule has 0 spiro atoms. The van der Waals surface area contributed by atoms with E-state index in [2.05, 4.69) is 15.6 Å². The molecule has 9 heteroatoms. The molecule has 1 fully saturated rings. The van der Waals surface area contributed by atoms with Crippen molar-refractivity contribution in [2.45, 2.75) is 24.8 Å². The van der Waals surface area contributed by atoms with Gasteiger partial charge in [-0.05, 0) is 26.0 Å². The van der Waals surface area contributed by atoms with E-state index in [1.54, 1.807) is 6.07 Å². The summed E-state index contributed by atoms with van der Waals surface area (Å²) < 4.78 is 31.4. The van der Waals surface area contributed by atoms with Crippen LogP contribution in [0, 0.1) is 0 Å². The van der Waals surface area contributed by atoms with Gasteiger partial charge in [-0.15, -0.1) is 0 Å². The van der Waals surface area contributed by atoms with E-state index < -0.39 is 10.0 Å². The van der Waals surface area contributed by atoms with Crippen molar-refractivity contribution in [3.63, 3.8) is 0 Å². The lowest BCUT2D eigenvalue weighted by molar-refractivity contribution is -0.119. The summed E-state index contributed by atoms with van der Waals surface area (Å²) in [4.78, 5) is 15.7. The van der Waals surface area contributed by atoms with Gasteiger partial charge < -0.3 is 15.4 Å². The molecule has 0 aromatic carbocycles. The highest BCUT2D eigenvalue weighted by molar-refractivity contribution is 7.89. The molecule has 23 heavy (non-hydrogen) atoms. The Bertz CT molecular complexity index is 625. The van der Waals surface area contributed by atoms with Gasteiger partial charge in [0, 0.05) is 25.3 Å². The number of carbonyl (C=O) groups is 1. The number of sulfonamides is 1. The van der Waals surface area contributed by atoms with Crippen molar-refractivity contribution in [1.29, 1.82) is 0 Å². The smallest absolute Gasteiger partial charge is 0.244 e. The van der Waals surface area contributed by atoms with Crippen LogP contribution < -0.4 is 10.6 Å². The number of pyridine rings is 1. The SMILES string of the molecule is CC(C)NC(=O)CNc1ccc(S(=O)(=O)N2CCOCC2)cn1. The number of nitrogens with zero attached hydrogens (tertiary/aromatic N) is 2. The summed E-state index contributed by atoms with van der Waals surface area (Å²) in [6, 6.07) is 3.11. The second-order valence-electron chi connectivity index (χ2n) is 5.47. The maximum Gasteiger partial charge on any atom is 0.244 e. The Morgan fingerprint density at radius 3 is 2.61 bits per heavy atom. The molecule has 128 valence electrons. The molecule has 1 aliphatic rings. The van der Waals surface area contributed by atoms with Crippen molar-refractivity contribution < 1.29 is 17.9 Å². The summed E-state index contributed by atoms with van der Waals surface area (Å²) in [7, 11) is -3.54. The number of amides is 1. The van der Waals surface area contributed by atoms with E-state index in [0.717, 1.165) is 0 Å². The van der Waals surface area contributed by atoms with Crippen molar-refractivity contribution in [2.75, 3.05) is 38.2 Å². The van der Waals surface area contributed by atoms with Crippen LogP contribution >= 0.6 is 0 Å². The van der Waals surface area contributed by atoms with Crippen LogP contribution in [0.1, 0.15) is 13.8 Å². The molecule has 1 amide bonds. The Labute approximate surface area is 136 Å². The summed E-state index contributed by atoms with van der Waals surface area (Å²) in [5.41, 5.74) is 0. The number of hydrogen-bond donors (Lipinski definition) is 2. The van der Waals surface area contributed by atoms with Crippen LogP contribution in [-0.4, -0.2) is 62.5 Å². The molecule has 1 aromatic heterocycles. The van der Waals surface area contributed by atoms with Crippen LogP contribution in [0.15, 0.2) is 23.2 Å². The number of carbonyl (C=O) groups excluding carboxylic acids is 1. The van der Waals surface area contributed by atoms with Gasteiger partial charge in [-0.2, -0.15) is 4.31 Å². The zero-order valence-electron chi connectivity index (χ0n) is 13.3. The molecule has 1 aliphatic heterocycles. The molecule has 2 N–H and O–H groups in total. The van der Waals surface area contributed by atoms with E-state index in [9.17, 15) is 13.2 Å². The number of morpholine rings is 1. The second-order valence-corrected chi connectivity index (χ2v) is 7.41. The van der Waals surface area contributed by atoms with Crippen molar-refractivity contribution in [3.05, 3.63) is 18.3 Å². The quantitative estimate of drug-likeness (QED) is 0.757. The number of hydrogen-bond acceptors (Lipinski definition) is 6. The highest BCUT2D eigenvalue weighted by Crippen LogP contribution is 2.17. The molecule has 2 heterocycles. The lowest BCUT2D eigenvalue weighted by atomic mass is 10.4. The zero-order chi connectivity index (χ0) is 16.9. The minimum Gasteiger partial charge on any atom is -0.379 e. The number of anilines is 1. The minimum absolute atomic E-state index is 0.0679. The van der Waals surface area contributed by atoms with Crippen molar-refractivity contribution >= 4 is 21.7 Å². The molecule has 1 saturated heterocycles. The lowest BCUT2D eigenvalue weighted by Crippen LogP contribution is -2.40. The number of aromatic nitrogens is 1. The second kappa shape index (κ2) is 7.71. The topological polar surface area (TPSA) is 101 Å². The molecule has 0 bridgehead atoms. The fourth-order valence-corrected chi connectivity index (χ4v) is 3.47. The molecular formula is C14H22N4O4S. The lowest BCUT2D eigenvalue weighted by Gasteiger charge is -2.25. The van der Waals surface area contributed by atoms with Crippen LogP contribution in [-0.2, 0) is 19.6 Å². The van der Waals surface area contributed by atoms with Gasteiger partial charge in [0.25, 0.3) is 0 Å². The predicted molar refractivity (Wildman–Crippen MR) is 85.6 cm³/mol. The summed E-state index contributed by atoms with van der Waals surface area (Å²) in [6.45, 7) is 5.33. The zero-order valence-corrected chi connectivity index (χ0v) is 14.1. The Balaban J connectivity index is 1.97. The molecule has 0 radical (unpaired) electrons. The van der Waals surface area contributed by atoms with Gasteiger partial charge in [0.1, 0.15) is 10.7 Å². The van der Waals surface area contributed by atoms with E-state index in [4.69, 9.17) is 4.74 Å². The van der Waals surface area contributed by atoms with Gasteiger partial charge in [0.05, 0.1) is 19.8 Å². The molecule has 1 aromatic rings. The standard InChI is InChI=1S/C14H22N4O4S/c1-11(2)17-14(19)10-16-13-4-3-12(9-15-13)23(20,21)18-5-7-22-8-6-18/h3-4,9,11H,5-8,10H2,1-2H3,(H,15,16)(H,17,19). The van der Waals surface area contributed by atoms with Crippen molar-refractivity contribution in [3.8, 4) is 0 Å². The fourth-order valence-electron chi connectivity index (χ4n) is 2.12. The maximum atomic E-state index is 12.4. The van der Waals surface area contributed by atoms with E-state index in [1.165, 1.54) is 16.6 Å². The average molecular weight is 342 g/mol. The Kier molecular flexibility index (Phi) is 5.91. The van der Waals surface area contributed by atoms with E-state index in [1.807, 2.05) is 13.8 Å². The average Bonchev–Trinajstić information content (AvgIpc) is 2.53. The minimum atomic E-state index is -3.54. The van der Waals surface area contributed by atoms with Gasteiger partial charge in [0.2, 0.25) is 15.9 Å². The summed E-state index contributed by atoms with van der Waals surface area (Å²) >= 11 is 0. The predicted octanol–water partition coefficient (Wildman–Crippen LogP) is 0.0390. The normalized spacial score (nSPS) is 16.3. The first-order chi connectivity index (χ1) is 10.9. The Hall–Kier alpha value is -1.71. The third-order valence-corrected chi connectivity index (χ3v) is 5.11. The summed E-state index contributed by atoms with van der Waals surface area (Å²) in [5.74, 6) is 0.302. The van der Waals surface area contributed by atoms with E-state index in [-0.39, 0.29) is 23.4 Å². The largest absolute Gasteiger partial charge is 0.379 e. The van der Waals surface area contributed by atoms with Crippen LogP contribution in [0.3, 0.4) is 0 Å². The summed E-state index contributed by atoms with van der Waals surface area (Å²) in [5, 5.41) is 5.60. The molecule has 0 saturated carbocycles. The van der Waals surface area contributed by atoms with Crippen LogP contribution in [0.2, 0.25) is 0 Å². The van der Waals surface area contributed by atoms with Gasteiger partial charge in [-0.25, -0.2) is 13.4 Å². The van der Waals surface area contributed by atoms with Gasteiger partial charge in [-0.3, -0.25) is 4.79 Å². The van der Waals surface area contributed by atoms with E-state index >= 15 is 0 Å². The molecule has 0 aliphatic carbocycles. The van der Waals surface area contributed by atoms with Crippen molar-refractivity contribution in [2.24, 2.45) is 0 Å². The highest BCUT2D eigenvalue weighted by atomic mass is 32.2. The molecule has 8 nitrogen and oxygen atoms in total. The molecule has 0 atom stereocenters. The first kappa shape index (κ1) is 17.6. The monoisotopic (exact) mass is 342 g/mol. The highest BCUT2D eigenvalue weighted by Gasteiger charge is 2.26. The fraction of sp³-hybridized carbons (Fsp3) is 0.571. The van der Waals surface area contributed by atoms with E-state index in [0.29, 0.717) is 32.1 Å². The number of rotatable bonds is 6. The Morgan fingerprint density at radius 1 is 1.35 bits per heavy atom. The number of nitrogens with one attached hydrogen (secondary N) is 2. The molecule has 0 unspecified atom stereocenters. The van der Waals surface area contributed by atoms with Crippen LogP contribution in [0.25, 0.3) is 0 Å². The molecule has 2 rings (SSSR count). The third-order valence-electron chi connectivity index (χ3n) is 3.22. The van der Waals surface area contributed by atoms with Crippen LogP contribution in [0.5, 0.6) is 0 Å². The maximum absolute atomic E-state index is 12.4. The number of ether oxygens (including phenoxy) is 1. The van der Waals surface area contributed by atoms with Gasteiger partial charge >= 0.3 is 0 Å². The first-order valence-corrected chi connectivity index (χ1v) is 8.91. The van der Waals surface area contributed by atoms with Gasteiger partial charge in [-0.1, -0.05) is 0 Å².